The molecule has 0 saturated carbocycles. The standard InChI is InChI=1S/C18H18N2O2S/c1-12-3-9-16(10-4-12)20-17(22)11-23-18(20)14-5-7-15(8-6-14)19-13(2)21/h3-10,18H,11H2,1-2H3,(H,19,21)/t18-/m0/s1. The van der Waals surface area contributed by atoms with Crippen LogP contribution in [0.15, 0.2) is 48.5 Å². The lowest BCUT2D eigenvalue weighted by Crippen LogP contribution is -2.27. The molecule has 2 aromatic carbocycles. The molecule has 2 aromatic rings. The summed E-state index contributed by atoms with van der Waals surface area (Å²) in [5.41, 5.74) is 3.90. The first-order chi connectivity index (χ1) is 11.0. The van der Waals surface area contributed by atoms with E-state index in [9.17, 15) is 9.59 Å². The van der Waals surface area contributed by atoms with Crippen molar-refractivity contribution in [1.29, 1.82) is 0 Å². The van der Waals surface area contributed by atoms with Gasteiger partial charge in [0.05, 0.1) is 5.75 Å². The summed E-state index contributed by atoms with van der Waals surface area (Å²) < 4.78 is 0. The van der Waals surface area contributed by atoms with E-state index < -0.39 is 0 Å². The van der Waals surface area contributed by atoms with Crippen LogP contribution in [0.4, 0.5) is 11.4 Å². The van der Waals surface area contributed by atoms with Crippen LogP contribution in [0.2, 0.25) is 0 Å². The van der Waals surface area contributed by atoms with Crippen molar-refractivity contribution >= 4 is 35.0 Å². The molecule has 0 radical (unpaired) electrons. The average Bonchev–Trinajstić information content (AvgIpc) is 2.90. The summed E-state index contributed by atoms with van der Waals surface area (Å²) in [6, 6.07) is 15.7. The summed E-state index contributed by atoms with van der Waals surface area (Å²) in [6.45, 7) is 3.51. The zero-order valence-electron chi connectivity index (χ0n) is 13.1. The molecule has 23 heavy (non-hydrogen) atoms. The lowest BCUT2D eigenvalue weighted by Gasteiger charge is -2.24. The minimum absolute atomic E-state index is 0.0309. The van der Waals surface area contributed by atoms with Crippen molar-refractivity contribution in [1.82, 2.24) is 0 Å². The number of anilines is 2. The highest BCUT2D eigenvalue weighted by Crippen LogP contribution is 2.41. The number of nitrogens with zero attached hydrogens (tertiary/aromatic N) is 1. The van der Waals surface area contributed by atoms with Crippen LogP contribution in [-0.4, -0.2) is 17.6 Å². The molecule has 1 atom stereocenters. The Balaban J connectivity index is 1.87. The molecule has 1 aliphatic rings. The van der Waals surface area contributed by atoms with Crippen LogP contribution in [0.5, 0.6) is 0 Å². The van der Waals surface area contributed by atoms with Crippen molar-refractivity contribution < 1.29 is 9.59 Å². The predicted octanol–water partition coefficient (Wildman–Crippen LogP) is 3.73. The third kappa shape index (κ3) is 3.40. The molecule has 4 nitrogen and oxygen atoms in total. The zero-order valence-corrected chi connectivity index (χ0v) is 13.9. The summed E-state index contributed by atoms with van der Waals surface area (Å²) in [5, 5.41) is 2.72. The van der Waals surface area contributed by atoms with E-state index in [2.05, 4.69) is 5.32 Å². The molecular weight excluding hydrogens is 308 g/mol. The Bertz CT molecular complexity index is 726. The van der Waals surface area contributed by atoms with Crippen molar-refractivity contribution in [3.63, 3.8) is 0 Å². The van der Waals surface area contributed by atoms with E-state index in [4.69, 9.17) is 0 Å². The zero-order chi connectivity index (χ0) is 16.4. The molecule has 1 fully saturated rings. The van der Waals surface area contributed by atoms with Gasteiger partial charge in [-0.1, -0.05) is 29.8 Å². The van der Waals surface area contributed by atoms with Crippen LogP contribution in [0.1, 0.15) is 23.4 Å². The monoisotopic (exact) mass is 326 g/mol. The highest BCUT2D eigenvalue weighted by Gasteiger charge is 2.33. The van der Waals surface area contributed by atoms with E-state index in [1.54, 1.807) is 11.8 Å². The van der Waals surface area contributed by atoms with Gasteiger partial charge in [-0.2, -0.15) is 0 Å². The molecule has 1 heterocycles. The second-order valence-corrected chi connectivity index (χ2v) is 6.63. The molecule has 118 valence electrons. The lowest BCUT2D eigenvalue weighted by molar-refractivity contribution is -0.116. The molecule has 2 amide bonds. The van der Waals surface area contributed by atoms with Gasteiger partial charge in [0.2, 0.25) is 11.8 Å². The molecule has 1 saturated heterocycles. The van der Waals surface area contributed by atoms with Crippen molar-refractivity contribution in [2.75, 3.05) is 16.0 Å². The Morgan fingerprint density at radius 1 is 1.13 bits per heavy atom. The molecule has 5 heteroatoms. The van der Waals surface area contributed by atoms with Gasteiger partial charge in [0.15, 0.2) is 0 Å². The minimum atomic E-state index is -0.0931. The van der Waals surface area contributed by atoms with Gasteiger partial charge in [0.25, 0.3) is 0 Å². The maximum atomic E-state index is 12.3. The summed E-state index contributed by atoms with van der Waals surface area (Å²) >= 11 is 1.62. The van der Waals surface area contributed by atoms with Gasteiger partial charge < -0.3 is 5.32 Å². The van der Waals surface area contributed by atoms with E-state index in [1.165, 1.54) is 12.5 Å². The highest BCUT2D eigenvalue weighted by atomic mass is 32.2. The molecule has 0 aliphatic carbocycles. The number of carbonyl (C=O) groups is 2. The number of carbonyl (C=O) groups excluding carboxylic acids is 2. The lowest BCUT2D eigenvalue weighted by atomic mass is 10.1. The first-order valence-corrected chi connectivity index (χ1v) is 8.47. The van der Waals surface area contributed by atoms with Gasteiger partial charge in [0.1, 0.15) is 5.37 Å². The fourth-order valence-electron chi connectivity index (χ4n) is 2.59. The second kappa shape index (κ2) is 6.46. The van der Waals surface area contributed by atoms with Crippen LogP contribution >= 0.6 is 11.8 Å². The first kappa shape index (κ1) is 15.6. The molecule has 0 bridgehead atoms. The van der Waals surface area contributed by atoms with Gasteiger partial charge in [-0.3, -0.25) is 14.5 Å². The maximum Gasteiger partial charge on any atom is 0.238 e. The summed E-state index contributed by atoms with van der Waals surface area (Å²) in [5.74, 6) is 0.505. The average molecular weight is 326 g/mol. The highest BCUT2D eigenvalue weighted by molar-refractivity contribution is 8.00. The van der Waals surface area contributed by atoms with Crippen molar-refractivity contribution in [3.8, 4) is 0 Å². The van der Waals surface area contributed by atoms with Crippen molar-refractivity contribution in [2.45, 2.75) is 19.2 Å². The van der Waals surface area contributed by atoms with Gasteiger partial charge in [-0.05, 0) is 36.8 Å². The van der Waals surface area contributed by atoms with E-state index in [0.29, 0.717) is 5.75 Å². The molecule has 0 unspecified atom stereocenters. The number of rotatable bonds is 3. The molecule has 1 aliphatic heterocycles. The summed E-state index contributed by atoms with van der Waals surface area (Å²) in [7, 11) is 0. The summed E-state index contributed by atoms with van der Waals surface area (Å²) in [6.07, 6.45) is 0. The van der Waals surface area contributed by atoms with Gasteiger partial charge in [0, 0.05) is 18.3 Å². The van der Waals surface area contributed by atoms with Crippen LogP contribution in [0, 0.1) is 6.92 Å². The topological polar surface area (TPSA) is 49.4 Å². The van der Waals surface area contributed by atoms with E-state index in [-0.39, 0.29) is 17.2 Å². The number of thioether (sulfide) groups is 1. The molecule has 0 spiro atoms. The van der Waals surface area contributed by atoms with E-state index in [0.717, 1.165) is 16.9 Å². The Kier molecular flexibility index (Phi) is 4.39. The molecule has 0 aromatic heterocycles. The Morgan fingerprint density at radius 2 is 1.78 bits per heavy atom. The fourth-order valence-corrected chi connectivity index (χ4v) is 3.77. The second-order valence-electron chi connectivity index (χ2n) is 5.57. The quantitative estimate of drug-likeness (QED) is 0.935. The van der Waals surface area contributed by atoms with Gasteiger partial charge in [-0.15, -0.1) is 11.8 Å². The Hall–Kier alpha value is -2.27. The third-order valence-electron chi connectivity index (χ3n) is 3.70. The van der Waals surface area contributed by atoms with Crippen molar-refractivity contribution in [2.24, 2.45) is 0 Å². The van der Waals surface area contributed by atoms with E-state index >= 15 is 0 Å². The Morgan fingerprint density at radius 3 is 2.39 bits per heavy atom. The Labute approximate surface area is 139 Å². The van der Waals surface area contributed by atoms with Gasteiger partial charge >= 0.3 is 0 Å². The fraction of sp³-hybridized carbons (Fsp3) is 0.222. The normalized spacial score (nSPS) is 17.4. The first-order valence-electron chi connectivity index (χ1n) is 7.42. The number of hydrogen-bond donors (Lipinski definition) is 1. The predicted molar refractivity (Wildman–Crippen MR) is 94.6 cm³/mol. The SMILES string of the molecule is CC(=O)Nc1ccc([C@@H]2SCC(=O)N2c2ccc(C)cc2)cc1. The van der Waals surface area contributed by atoms with Crippen LogP contribution in [0.25, 0.3) is 0 Å². The number of amides is 2. The molecule has 1 N–H and O–H groups in total. The maximum absolute atomic E-state index is 12.3. The summed E-state index contributed by atoms with van der Waals surface area (Å²) in [4.78, 5) is 25.2. The van der Waals surface area contributed by atoms with Gasteiger partial charge in [-0.25, -0.2) is 0 Å². The smallest absolute Gasteiger partial charge is 0.238 e. The number of benzene rings is 2. The largest absolute Gasteiger partial charge is 0.326 e. The molecular formula is C18H18N2O2S. The van der Waals surface area contributed by atoms with Crippen LogP contribution < -0.4 is 10.2 Å². The minimum Gasteiger partial charge on any atom is -0.326 e. The number of hydrogen-bond acceptors (Lipinski definition) is 3. The van der Waals surface area contributed by atoms with Crippen molar-refractivity contribution in [3.05, 3.63) is 59.7 Å². The third-order valence-corrected chi connectivity index (χ3v) is 4.91. The number of nitrogens with one attached hydrogen (secondary N) is 1. The van der Waals surface area contributed by atoms with Crippen LogP contribution in [0.3, 0.4) is 0 Å². The van der Waals surface area contributed by atoms with Crippen LogP contribution in [-0.2, 0) is 9.59 Å². The van der Waals surface area contributed by atoms with E-state index in [1.807, 2.05) is 60.4 Å². The molecule has 3 rings (SSSR count). The number of aryl methyl sites for hydroxylation is 1.